The molecule has 18 heavy (non-hydrogen) atoms. The Morgan fingerprint density at radius 2 is 1.89 bits per heavy atom. The van der Waals surface area contributed by atoms with Crippen LogP contribution in [0.4, 0.5) is 14.5 Å². The van der Waals surface area contributed by atoms with E-state index < -0.39 is 11.6 Å². The SMILES string of the molecule is Cc1ccc(CNc2cc(F)ccc2F)cc1Cl. The Labute approximate surface area is 109 Å². The Morgan fingerprint density at radius 1 is 1.11 bits per heavy atom. The molecule has 0 bridgehead atoms. The molecule has 2 aromatic carbocycles. The van der Waals surface area contributed by atoms with Gasteiger partial charge in [-0.25, -0.2) is 8.78 Å². The fraction of sp³-hybridized carbons (Fsp3) is 0.143. The molecule has 0 unspecified atom stereocenters. The molecule has 94 valence electrons. The Hall–Kier alpha value is -1.61. The summed E-state index contributed by atoms with van der Waals surface area (Å²) in [5, 5.41) is 3.50. The molecule has 4 heteroatoms. The van der Waals surface area contributed by atoms with Gasteiger partial charge in [-0.2, -0.15) is 0 Å². The Morgan fingerprint density at radius 3 is 2.61 bits per heavy atom. The zero-order valence-corrected chi connectivity index (χ0v) is 10.6. The molecule has 0 aliphatic heterocycles. The van der Waals surface area contributed by atoms with Crippen molar-refractivity contribution in [2.75, 3.05) is 5.32 Å². The number of anilines is 1. The first kappa shape index (κ1) is 12.8. The maximum Gasteiger partial charge on any atom is 0.146 e. The summed E-state index contributed by atoms with van der Waals surface area (Å²) in [7, 11) is 0. The molecule has 1 nitrogen and oxygen atoms in total. The van der Waals surface area contributed by atoms with Gasteiger partial charge in [0.05, 0.1) is 5.69 Å². The van der Waals surface area contributed by atoms with Gasteiger partial charge in [-0.1, -0.05) is 23.7 Å². The minimum Gasteiger partial charge on any atom is -0.379 e. The largest absolute Gasteiger partial charge is 0.379 e. The van der Waals surface area contributed by atoms with Crippen LogP contribution in [-0.4, -0.2) is 0 Å². The topological polar surface area (TPSA) is 12.0 Å². The maximum atomic E-state index is 13.4. The van der Waals surface area contributed by atoms with Crippen molar-refractivity contribution in [1.82, 2.24) is 0 Å². The number of benzene rings is 2. The Bertz CT molecular complexity index is 570. The highest BCUT2D eigenvalue weighted by Gasteiger charge is 2.04. The lowest BCUT2D eigenvalue weighted by molar-refractivity contribution is 0.602. The molecule has 0 spiro atoms. The van der Waals surface area contributed by atoms with E-state index in [1.54, 1.807) is 6.07 Å². The first-order valence-corrected chi connectivity index (χ1v) is 5.88. The molecule has 2 rings (SSSR count). The fourth-order valence-electron chi connectivity index (χ4n) is 1.58. The van der Waals surface area contributed by atoms with E-state index in [9.17, 15) is 8.78 Å². The summed E-state index contributed by atoms with van der Waals surface area (Å²) in [6.45, 7) is 2.30. The standard InChI is InChI=1S/C14H12ClF2N/c1-9-2-3-10(6-12(9)15)8-18-14-7-11(16)4-5-13(14)17/h2-7,18H,8H2,1H3. The third kappa shape index (κ3) is 2.99. The van der Waals surface area contributed by atoms with E-state index in [2.05, 4.69) is 5.32 Å². The van der Waals surface area contributed by atoms with Gasteiger partial charge >= 0.3 is 0 Å². The molecule has 0 heterocycles. The minimum atomic E-state index is -0.477. The zero-order chi connectivity index (χ0) is 13.1. The van der Waals surface area contributed by atoms with Crippen LogP contribution in [0.1, 0.15) is 11.1 Å². The van der Waals surface area contributed by atoms with Crippen LogP contribution in [0.3, 0.4) is 0 Å². The van der Waals surface area contributed by atoms with Crippen LogP contribution >= 0.6 is 11.6 Å². The number of halogens is 3. The van der Waals surface area contributed by atoms with Gasteiger partial charge in [0.2, 0.25) is 0 Å². The number of rotatable bonds is 3. The molecule has 0 aliphatic carbocycles. The van der Waals surface area contributed by atoms with Crippen molar-refractivity contribution in [2.24, 2.45) is 0 Å². The summed E-state index contributed by atoms with van der Waals surface area (Å²) in [4.78, 5) is 0. The van der Waals surface area contributed by atoms with Gasteiger partial charge < -0.3 is 5.32 Å². The lowest BCUT2D eigenvalue weighted by atomic mass is 10.1. The van der Waals surface area contributed by atoms with E-state index in [1.807, 2.05) is 19.1 Å². The van der Waals surface area contributed by atoms with E-state index in [-0.39, 0.29) is 5.69 Å². The number of aryl methyl sites for hydroxylation is 1. The molecule has 0 saturated carbocycles. The summed E-state index contributed by atoms with van der Waals surface area (Å²) in [5.41, 5.74) is 2.04. The summed E-state index contributed by atoms with van der Waals surface area (Å²) in [5.74, 6) is -0.949. The Kier molecular flexibility index (Phi) is 3.82. The predicted octanol–water partition coefficient (Wildman–Crippen LogP) is 4.54. The lowest BCUT2D eigenvalue weighted by Crippen LogP contribution is -2.02. The average Bonchev–Trinajstić information content (AvgIpc) is 2.34. The van der Waals surface area contributed by atoms with Crippen molar-refractivity contribution in [3.63, 3.8) is 0 Å². The fourth-order valence-corrected chi connectivity index (χ4v) is 1.78. The highest BCUT2D eigenvalue weighted by molar-refractivity contribution is 6.31. The van der Waals surface area contributed by atoms with Crippen LogP contribution in [0.15, 0.2) is 36.4 Å². The van der Waals surface area contributed by atoms with Crippen LogP contribution in [0, 0.1) is 18.6 Å². The first-order chi connectivity index (χ1) is 8.56. The van der Waals surface area contributed by atoms with Gasteiger partial charge in [0.15, 0.2) is 0 Å². The maximum absolute atomic E-state index is 13.4. The van der Waals surface area contributed by atoms with E-state index in [0.29, 0.717) is 11.6 Å². The summed E-state index contributed by atoms with van der Waals surface area (Å²) < 4.78 is 26.3. The van der Waals surface area contributed by atoms with Gasteiger partial charge in [0.1, 0.15) is 11.6 Å². The second-order valence-corrected chi connectivity index (χ2v) is 4.47. The minimum absolute atomic E-state index is 0.145. The smallest absolute Gasteiger partial charge is 0.146 e. The number of hydrogen-bond acceptors (Lipinski definition) is 1. The molecule has 2 aromatic rings. The molecule has 0 aliphatic rings. The third-order valence-electron chi connectivity index (χ3n) is 2.65. The molecule has 0 amide bonds. The van der Waals surface area contributed by atoms with E-state index in [4.69, 9.17) is 11.6 Å². The summed E-state index contributed by atoms with van der Waals surface area (Å²) in [6, 6.07) is 8.90. The average molecular weight is 268 g/mol. The van der Waals surface area contributed by atoms with Gasteiger partial charge in [0, 0.05) is 11.6 Å². The van der Waals surface area contributed by atoms with Crippen molar-refractivity contribution in [1.29, 1.82) is 0 Å². The van der Waals surface area contributed by atoms with Gasteiger partial charge in [0.25, 0.3) is 0 Å². The molecular weight excluding hydrogens is 256 g/mol. The van der Waals surface area contributed by atoms with Crippen LogP contribution in [0.5, 0.6) is 0 Å². The highest BCUT2D eigenvalue weighted by atomic mass is 35.5. The predicted molar refractivity (Wildman–Crippen MR) is 69.9 cm³/mol. The van der Waals surface area contributed by atoms with Crippen LogP contribution in [0.25, 0.3) is 0 Å². The van der Waals surface area contributed by atoms with E-state index >= 15 is 0 Å². The van der Waals surface area contributed by atoms with Gasteiger partial charge in [-0.15, -0.1) is 0 Å². The quantitative estimate of drug-likeness (QED) is 0.861. The van der Waals surface area contributed by atoms with Crippen LogP contribution in [-0.2, 0) is 6.54 Å². The molecule has 0 radical (unpaired) electrons. The molecule has 0 aromatic heterocycles. The van der Waals surface area contributed by atoms with Crippen LogP contribution in [0.2, 0.25) is 5.02 Å². The lowest BCUT2D eigenvalue weighted by Gasteiger charge is -2.09. The van der Waals surface area contributed by atoms with Crippen molar-refractivity contribution in [3.05, 3.63) is 64.2 Å². The van der Waals surface area contributed by atoms with E-state index in [1.165, 1.54) is 0 Å². The summed E-state index contributed by atoms with van der Waals surface area (Å²) >= 11 is 5.99. The molecule has 0 fully saturated rings. The summed E-state index contributed by atoms with van der Waals surface area (Å²) in [6.07, 6.45) is 0. The highest BCUT2D eigenvalue weighted by Crippen LogP contribution is 2.19. The van der Waals surface area contributed by atoms with Crippen molar-refractivity contribution < 1.29 is 8.78 Å². The molecule has 1 N–H and O–H groups in total. The number of hydrogen-bond donors (Lipinski definition) is 1. The molecular formula is C14H12ClF2N. The first-order valence-electron chi connectivity index (χ1n) is 5.50. The van der Waals surface area contributed by atoms with Gasteiger partial charge in [-0.3, -0.25) is 0 Å². The molecule has 0 saturated heterocycles. The normalized spacial score (nSPS) is 10.4. The van der Waals surface area contributed by atoms with E-state index in [0.717, 1.165) is 29.3 Å². The second-order valence-electron chi connectivity index (χ2n) is 4.06. The zero-order valence-electron chi connectivity index (χ0n) is 9.81. The van der Waals surface area contributed by atoms with Crippen molar-refractivity contribution >= 4 is 17.3 Å². The van der Waals surface area contributed by atoms with Gasteiger partial charge in [-0.05, 0) is 42.3 Å². The second kappa shape index (κ2) is 5.36. The Balaban J connectivity index is 2.11. The van der Waals surface area contributed by atoms with Crippen molar-refractivity contribution in [3.8, 4) is 0 Å². The molecule has 0 atom stereocenters. The number of nitrogens with one attached hydrogen (secondary N) is 1. The van der Waals surface area contributed by atoms with Crippen molar-refractivity contribution in [2.45, 2.75) is 13.5 Å². The third-order valence-corrected chi connectivity index (χ3v) is 3.05. The monoisotopic (exact) mass is 267 g/mol. The van der Waals surface area contributed by atoms with Crippen LogP contribution < -0.4 is 5.32 Å².